The summed E-state index contributed by atoms with van der Waals surface area (Å²) >= 11 is 0. The molecule has 1 unspecified atom stereocenters. The molecule has 1 N–H and O–H groups in total. The number of hydrogen-bond donors (Lipinski definition) is 1. The van der Waals surface area contributed by atoms with Crippen LogP contribution >= 0.6 is 0 Å². The van der Waals surface area contributed by atoms with Gasteiger partial charge in [-0.15, -0.1) is 0 Å². The molecule has 1 aromatic heterocycles. The van der Waals surface area contributed by atoms with E-state index in [2.05, 4.69) is 42.3 Å². The molecule has 3 rings (SSSR count). The van der Waals surface area contributed by atoms with E-state index in [1.54, 1.807) is 0 Å². The molecular formula is C20H28N4. The summed E-state index contributed by atoms with van der Waals surface area (Å²) in [7, 11) is 0. The van der Waals surface area contributed by atoms with Crippen LogP contribution in [-0.4, -0.2) is 29.1 Å². The van der Waals surface area contributed by atoms with Crippen molar-refractivity contribution in [2.24, 2.45) is 0 Å². The maximum absolute atomic E-state index is 4.88. The fourth-order valence-corrected chi connectivity index (χ4v) is 3.04. The van der Waals surface area contributed by atoms with Crippen LogP contribution in [0, 0.1) is 0 Å². The van der Waals surface area contributed by atoms with Crippen LogP contribution in [0.2, 0.25) is 0 Å². The largest absolute Gasteiger partial charge is 0.367 e. The molecule has 4 heteroatoms. The average molecular weight is 324 g/mol. The van der Waals surface area contributed by atoms with Gasteiger partial charge in [-0.1, -0.05) is 50.1 Å². The smallest absolute Gasteiger partial charge is 0.163 e. The minimum absolute atomic E-state index is 0.403. The first-order chi connectivity index (χ1) is 11.8. The molecule has 2 aromatic rings. The fourth-order valence-electron chi connectivity index (χ4n) is 3.04. The Labute approximate surface area is 145 Å². The molecule has 0 bridgehead atoms. The fraction of sp³-hybridized carbons (Fsp3) is 0.500. The van der Waals surface area contributed by atoms with Crippen molar-refractivity contribution in [3.63, 3.8) is 0 Å². The molecule has 0 spiro atoms. The molecule has 4 nitrogen and oxygen atoms in total. The Morgan fingerprint density at radius 1 is 1.04 bits per heavy atom. The molecule has 2 heterocycles. The van der Waals surface area contributed by atoms with Crippen molar-refractivity contribution in [1.82, 2.24) is 9.97 Å². The van der Waals surface area contributed by atoms with Crippen molar-refractivity contribution >= 4 is 11.6 Å². The summed E-state index contributed by atoms with van der Waals surface area (Å²) in [5.41, 5.74) is 1.07. The number of benzene rings is 1. The molecule has 1 saturated heterocycles. The van der Waals surface area contributed by atoms with Gasteiger partial charge >= 0.3 is 0 Å². The number of aromatic nitrogens is 2. The predicted octanol–water partition coefficient (Wildman–Crippen LogP) is 4.73. The Balaban J connectivity index is 1.95. The van der Waals surface area contributed by atoms with Gasteiger partial charge in [0.05, 0.1) is 0 Å². The SMILES string of the molecule is CCC(C)Nc1cc(N2CCCCCC2)nc(-c2ccccc2)n1. The summed E-state index contributed by atoms with van der Waals surface area (Å²) in [4.78, 5) is 12.1. The second-order valence-electron chi connectivity index (χ2n) is 6.66. The van der Waals surface area contributed by atoms with Gasteiger partial charge in [-0.3, -0.25) is 0 Å². The van der Waals surface area contributed by atoms with Crippen LogP contribution in [0.5, 0.6) is 0 Å². The van der Waals surface area contributed by atoms with E-state index in [4.69, 9.17) is 9.97 Å². The molecule has 1 aromatic carbocycles. The van der Waals surface area contributed by atoms with Crippen LogP contribution in [0.25, 0.3) is 11.4 Å². The molecule has 24 heavy (non-hydrogen) atoms. The first-order valence-electron chi connectivity index (χ1n) is 9.22. The average Bonchev–Trinajstić information content (AvgIpc) is 2.91. The van der Waals surface area contributed by atoms with Gasteiger partial charge in [0.15, 0.2) is 5.82 Å². The lowest BCUT2D eigenvalue weighted by Gasteiger charge is -2.23. The zero-order chi connectivity index (χ0) is 16.8. The Kier molecular flexibility index (Phi) is 5.68. The summed E-state index contributed by atoms with van der Waals surface area (Å²) < 4.78 is 0. The van der Waals surface area contributed by atoms with Crippen molar-refractivity contribution in [3.05, 3.63) is 36.4 Å². The van der Waals surface area contributed by atoms with E-state index in [0.29, 0.717) is 6.04 Å². The van der Waals surface area contributed by atoms with Crippen molar-refractivity contribution in [1.29, 1.82) is 0 Å². The monoisotopic (exact) mass is 324 g/mol. The second kappa shape index (κ2) is 8.13. The minimum Gasteiger partial charge on any atom is -0.367 e. The predicted molar refractivity (Wildman–Crippen MR) is 102 cm³/mol. The molecule has 0 saturated carbocycles. The molecule has 0 radical (unpaired) electrons. The Hall–Kier alpha value is -2.10. The summed E-state index contributed by atoms with van der Waals surface area (Å²) in [5.74, 6) is 2.79. The van der Waals surface area contributed by atoms with E-state index >= 15 is 0 Å². The van der Waals surface area contributed by atoms with E-state index in [1.807, 2.05) is 18.2 Å². The second-order valence-corrected chi connectivity index (χ2v) is 6.66. The summed E-state index contributed by atoms with van der Waals surface area (Å²) in [6, 6.07) is 12.8. The van der Waals surface area contributed by atoms with Crippen LogP contribution in [0.4, 0.5) is 11.6 Å². The maximum Gasteiger partial charge on any atom is 0.163 e. The van der Waals surface area contributed by atoms with Crippen molar-refractivity contribution in [2.75, 3.05) is 23.3 Å². The van der Waals surface area contributed by atoms with E-state index in [0.717, 1.165) is 42.5 Å². The molecule has 1 fully saturated rings. The normalized spacial score (nSPS) is 16.5. The summed E-state index contributed by atoms with van der Waals surface area (Å²) in [6.07, 6.45) is 6.22. The number of rotatable bonds is 5. The van der Waals surface area contributed by atoms with Crippen LogP contribution < -0.4 is 10.2 Å². The molecule has 0 aliphatic carbocycles. The lowest BCUT2D eigenvalue weighted by atomic mass is 10.2. The van der Waals surface area contributed by atoms with Gasteiger partial charge in [0, 0.05) is 30.8 Å². The van der Waals surface area contributed by atoms with Gasteiger partial charge in [-0.2, -0.15) is 0 Å². The Bertz CT molecular complexity index is 633. The van der Waals surface area contributed by atoms with E-state index in [1.165, 1.54) is 25.7 Å². The van der Waals surface area contributed by atoms with Gasteiger partial charge in [-0.05, 0) is 26.2 Å². The van der Waals surface area contributed by atoms with Gasteiger partial charge < -0.3 is 10.2 Å². The van der Waals surface area contributed by atoms with Gasteiger partial charge in [-0.25, -0.2) is 9.97 Å². The lowest BCUT2D eigenvalue weighted by molar-refractivity contribution is 0.726. The zero-order valence-electron chi connectivity index (χ0n) is 14.8. The molecule has 128 valence electrons. The van der Waals surface area contributed by atoms with Crippen molar-refractivity contribution in [2.45, 2.75) is 52.0 Å². The van der Waals surface area contributed by atoms with Crippen LogP contribution in [0.3, 0.4) is 0 Å². The highest BCUT2D eigenvalue weighted by Crippen LogP contribution is 2.25. The number of nitrogens with zero attached hydrogens (tertiary/aromatic N) is 3. The minimum atomic E-state index is 0.403. The van der Waals surface area contributed by atoms with Gasteiger partial charge in [0.2, 0.25) is 0 Å². The molecule has 1 atom stereocenters. The van der Waals surface area contributed by atoms with Gasteiger partial charge in [0.25, 0.3) is 0 Å². The summed E-state index contributed by atoms with van der Waals surface area (Å²) in [6.45, 7) is 6.56. The topological polar surface area (TPSA) is 41.0 Å². The molecule has 1 aliphatic heterocycles. The first kappa shape index (κ1) is 16.7. The third-order valence-corrected chi connectivity index (χ3v) is 4.68. The van der Waals surface area contributed by atoms with Crippen LogP contribution in [-0.2, 0) is 0 Å². The maximum atomic E-state index is 4.88. The highest BCUT2D eigenvalue weighted by atomic mass is 15.2. The quantitative estimate of drug-likeness (QED) is 0.863. The zero-order valence-corrected chi connectivity index (χ0v) is 14.8. The number of nitrogens with one attached hydrogen (secondary N) is 1. The third kappa shape index (κ3) is 4.25. The Morgan fingerprint density at radius 2 is 1.75 bits per heavy atom. The van der Waals surface area contributed by atoms with Crippen LogP contribution in [0.15, 0.2) is 36.4 Å². The number of hydrogen-bond acceptors (Lipinski definition) is 4. The summed E-state index contributed by atoms with van der Waals surface area (Å²) in [5, 5.41) is 3.52. The number of anilines is 2. The van der Waals surface area contributed by atoms with Crippen molar-refractivity contribution in [3.8, 4) is 11.4 Å². The molecule has 0 amide bonds. The van der Waals surface area contributed by atoms with E-state index in [-0.39, 0.29) is 0 Å². The molecular weight excluding hydrogens is 296 g/mol. The third-order valence-electron chi connectivity index (χ3n) is 4.68. The van der Waals surface area contributed by atoms with Crippen LogP contribution in [0.1, 0.15) is 46.0 Å². The standard InChI is InChI=1S/C20H28N4/c1-3-16(2)21-18-15-19(24-13-9-4-5-10-14-24)23-20(22-18)17-11-7-6-8-12-17/h6-8,11-12,15-16H,3-5,9-10,13-14H2,1-2H3,(H,21,22,23). The van der Waals surface area contributed by atoms with Crippen molar-refractivity contribution < 1.29 is 0 Å². The molecule has 1 aliphatic rings. The lowest BCUT2D eigenvalue weighted by Crippen LogP contribution is -2.25. The highest BCUT2D eigenvalue weighted by molar-refractivity contribution is 5.61. The Morgan fingerprint density at radius 3 is 2.42 bits per heavy atom. The highest BCUT2D eigenvalue weighted by Gasteiger charge is 2.15. The van der Waals surface area contributed by atoms with Gasteiger partial charge in [0.1, 0.15) is 11.6 Å². The first-order valence-corrected chi connectivity index (χ1v) is 9.22. The van der Waals surface area contributed by atoms with E-state index < -0.39 is 0 Å². The van der Waals surface area contributed by atoms with E-state index in [9.17, 15) is 0 Å².